The fraction of sp³-hybridized carbons (Fsp3) is 0.225. The second-order valence-corrected chi connectivity index (χ2v) is 14.9. The van der Waals surface area contributed by atoms with Crippen molar-refractivity contribution >= 4 is 51.3 Å². The Kier molecular flexibility index (Phi) is 8.96. The van der Waals surface area contributed by atoms with E-state index in [4.69, 9.17) is 14.5 Å². The summed E-state index contributed by atoms with van der Waals surface area (Å²) in [5, 5.41) is 2.99. The number of nitrogens with zero attached hydrogens (tertiary/aromatic N) is 3. The van der Waals surface area contributed by atoms with E-state index in [0.717, 1.165) is 32.7 Å². The topological polar surface area (TPSA) is 74.8 Å². The van der Waals surface area contributed by atoms with E-state index in [-0.39, 0.29) is 17.6 Å². The molecule has 0 fully saturated rings. The molecule has 1 aliphatic rings. The normalized spacial score (nSPS) is 14.9. The molecule has 1 aliphatic heterocycles. The molecule has 0 saturated heterocycles. The Labute approximate surface area is 292 Å². The van der Waals surface area contributed by atoms with Crippen LogP contribution < -0.4 is 19.6 Å². The predicted molar refractivity (Wildman–Crippen MR) is 198 cm³/mol. The van der Waals surface area contributed by atoms with E-state index in [9.17, 15) is 9.59 Å². The van der Waals surface area contributed by atoms with Crippen molar-refractivity contribution in [2.24, 2.45) is 4.99 Å². The number of hydrogen-bond acceptors (Lipinski definition) is 7. The smallest absolute Gasteiger partial charge is 0.338 e. The molecule has 0 saturated carbocycles. The number of carbonyl (C=O) groups is 1. The number of benzene rings is 3. The third kappa shape index (κ3) is 6.44. The van der Waals surface area contributed by atoms with Gasteiger partial charge in [-0.1, -0.05) is 98.8 Å². The number of rotatable bonds is 9. The number of hydrogen-bond donors (Lipinski definition) is 0. The summed E-state index contributed by atoms with van der Waals surface area (Å²) in [6.45, 7) is 9.72. The molecule has 49 heavy (non-hydrogen) atoms. The first-order chi connectivity index (χ1) is 23.7. The number of para-hydroxylation sites is 1. The summed E-state index contributed by atoms with van der Waals surface area (Å²) in [5.74, 6) is 0.358. The monoisotopic (exact) mass is 687 g/mol. The van der Waals surface area contributed by atoms with Crippen LogP contribution in [0.15, 0.2) is 118 Å². The molecule has 0 radical (unpaired) electrons. The molecule has 3 aromatic heterocycles. The molecule has 6 aromatic rings. The number of thiophene rings is 1. The first-order valence-corrected chi connectivity index (χ1v) is 18.1. The zero-order chi connectivity index (χ0) is 34.1. The largest absolute Gasteiger partial charge is 0.492 e. The zero-order valence-electron chi connectivity index (χ0n) is 27.9. The SMILES string of the molecule is CCOC(=O)C1=C(c2ccccc2)N=c2s/c(=C/c3cn(CCOc4ccc(C(C)(C)C)cc4)c4ccccc34)c(=O)n2[C@H]1c1cccs1. The Morgan fingerprint density at radius 3 is 2.43 bits per heavy atom. The van der Waals surface area contributed by atoms with Gasteiger partial charge in [-0.3, -0.25) is 9.36 Å². The average molecular weight is 688 g/mol. The minimum Gasteiger partial charge on any atom is -0.492 e. The standard InChI is InChI=1S/C40H37N3O4S2/c1-5-46-38(45)34-35(26-12-7-6-8-13-26)41-39-43(36(34)32-16-11-23-48-32)37(44)33(49-39)24-27-25-42(31-15-10-9-14-30(27)31)21-22-47-29-19-17-28(18-20-29)40(2,3)4/h6-20,23-25,36H,5,21-22H2,1-4H3/b33-24+/t36-/m0/s1. The molecule has 0 unspecified atom stereocenters. The lowest BCUT2D eigenvalue weighted by Gasteiger charge is -2.24. The van der Waals surface area contributed by atoms with Crippen LogP contribution in [-0.4, -0.2) is 28.3 Å². The molecule has 9 heteroatoms. The molecule has 0 bridgehead atoms. The average Bonchev–Trinajstić information content (AvgIpc) is 3.83. The Morgan fingerprint density at radius 1 is 0.959 bits per heavy atom. The van der Waals surface area contributed by atoms with Gasteiger partial charge in [0.15, 0.2) is 4.80 Å². The number of carbonyl (C=O) groups excluding carboxylic acids is 1. The second-order valence-electron chi connectivity index (χ2n) is 12.9. The second kappa shape index (κ2) is 13.5. The lowest BCUT2D eigenvalue weighted by molar-refractivity contribution is -0.138. The molecule has 0 N–H and O–H groups in total. The highest BCUT2D eigenvalue weighted by Gasteiger charge is 2.35. The van der Waals surface area contributed by atoms with Gasteiger partial charge in [0.05, 0.1) is 29.0 Å². The van der Waals surface area contributed by atoms with Gasteiger partial charge in [-0.2, -0.15) is 0 Å². The highest BCUT2D eigenvalue weighted by molar-refractivity contribution is 7.10. The van der Waals surface area contributed by atoms with Gasteiger partial charge < -0.3 is 14.0 Å². The van der Waals surface area contributed by atoms with Crippen molar-refractivity contribution in [3.05, 3.63) is 149 Å². The predicted octanol–water partition coefficient (Wildman–Crippen LogP) is 7.33. The summed E-state index contributed by atoms with van der Waals surface area (Å²) >= 11 is 2.83. The Balaban J connectivity index is 1.28. The summed E-state index contributed by atoms with van der Waals surface area (Å²) in [5.41, 5.74) is 4.81. The third-order valence-corrected chi connectivity index (χ3v) is 10.5. The molecule has 0 amide bonds. The third-order valence-electron chi connectivity index (χ3n) is 8.61. The lowest BCUT2D eigenvalue weighted by Crippen LogP contribution is -2.39. The van der Waals surface area contributed by atoms with Gasteiger partial charge in [-0.25, -0.2) is 9.79 Å². The maximum atomic E-state index is 14.3. The minimum atomic E-state index is -0.663. The van der Waals surface area contributed by atoms with Crippen LogP contribution >= 0.6 is 22.7 Å². The highest BCUT2D eigenvalue weighted by Crippen LogP contribution is 2.37. The molecule has 7 nitrogen and oxygen atoms in total. The van der Waals surface area contributed by atoms with E-state index in [1.54, 1.807) is 11.5 Å². The first-order valence-electron chi connectivity index (χ1n) is 16.4. The van der Waals surface area contributed by atoms with E-state index >= 15 is 0 Å². The van der Waals surface area contributed by atoms with Crippen LogP contribution in [0.25, 0.3) is 22.7 Å². The van der Waals surface area contributed by atoms with Gasteiger partial charge >= 0.3 is 5.97 Å². The molecule has 4 heterocycles. The van der Waals surface area contributed by atoms with Gasteiger partial charge in [0.25, 0.3) is 5.56 Å². The van der Waals surface area contributed by atoms with Gasteiger partial charge in [0.2, 0.25) is 0 Å². The van der Waals surface area contributed by atoms with Crippen LogP contribution in [-0.2, 0) is 21.5 Å². The minimum absolute atomic E-state index is 0.0859. The van der Waals surface area contributed by atoms with Gasteiger partial charge in [0, 0.05) is 33.1 Å². The van der Waals surface area contributed by atoms with Crippen LogP contribution in [0.4, 0.5) is 0 Å². The van der Waals surface area contributed by atoms with Crippen molar-refractivity contribution in [1.29, 1.82) is 0 Å². The van der Waals surface area contributed by atoms with Crippen molar-refractivity contribution in [3.8, 4) is 5.75 Å². The molecular formula is C40H37N3O4S2. The van der Waals surface area contributed by atoms with E-state index in [1.165, 1.54) is 28.2 Å². The van der Waals surface area contributed by atoms with Crippen LogP contribution in [0.5, 0.6) is 5.75 Å². The number of esters is 1. The van der Waals surface area contributed by atoms with Crippen molar-refractivity contribution in [2.45, 2.75) is 45.7 Å². The molecule has 0 aliphatic carbocycles. The quantitative estimate of drug-likeness (QED) is 0.149. The van der Waals surface area contributed by atoms with E-state index in [1.807, 2.05) is 78.2 Å². The zero-order valence-corrected chi connectivity index (χ0v) is 29.5. The summed E-state index contributed by atoms with van der Waals surface area (Å²) in [4.78, 5) is 34.3. The molecule has 3 aromatic carbocycles. The molecule has 248 valence electrons. The fourth-order valence-corrected chi connectivity index (χ4v) is 8.00. The number of fused-ring (bicyclic) bond motifs is 2. The Bertz CT molecular complexity index is 2340. The van der Waals surface area contributed by atoms with Gasteiger partial charge in [-0.05, 0) is 53.6 Å². The van der Waals surface area contributed by atoms with Gasteiger partial charge in [-0.15, -0.1) is 11.3 Å². The lowest BCUT2D eigenvalue weighted by atomic mass is 9.87. The van der Waals surface area contributed by atoms with Crippen LogP contribution in [0.3, 0.4) is 0 Å². The maximum Gasteiger partial charge on any atom is 0.338 e. The Morgan fingerprint density at radius 2 is 1.71 bits per heavy atom. The van der Waals surface area contributed by atoms with E-state index in [2.05, 4.69) is 55.8 Å². The van der Waals surface area contributed by atoms with Gasteiger partial charge in [0.1, 0.15) is 18.4 Å². The molecule has 0 spiro atoms. The van der Waals surface area contributed by atoms with Crippen molar-refractivity contribution < 1.29 is 14.3 Å². The summed E-state index contributed by atoms with van der Waals surface area (Å²) in [6.07, 6.45) is 4.02. The maximum absolute atomic E-state index is 14.3. The van der Waals surface area contributed by atoms with Crippen molar-refractivity contribution in [1.82, 2.24) is 9.13 Å². The van der Waals surface area contributed by atoms with Crippen molar-refractivity contribution in [3.63, 3.8) is 0 Å². The van der Waals surface area contributed by atoms with Crippen LogP contribution in [0.1, 0.15) is 55.3 Å². The van der Waals surface area contributed by atoms with Crippen LogP contribution in [0.2, 0.25) is 0 Å². The summed E-state index contributed by atoms with van der Waals surface area (Å²) < 4.78 is 16.1. The Hall–Kier alpha value is -4.99. The summed E-state index contributed by atoms with van der Waals surface area (Å²) in [7, 11) is 0. The molecule has 7 rings (SSSR count). The highest BCUT2D eigenvalue weighted by atomic mass is 32.1. The fourth-order valence-electron chi connectivity index (χ4n) is 6.19. The first kappa shape index (κ1) is 32.6. The summed E-state index contributed by atoms with van der Waals surface area (Å²) in [6, 6.07) is 29.3. The van der Waals surface area contributed by atoms with E-state index < -0.39 is 12.0 Å². The molecular weight excluding hydrogens is 651 g/mol. The van der Waals surface area contributed by atoms with Crippen LogP contribution in [0, 0.1) is 0 Å². The number of aromatic nitrogens is 2. The number of thiazole rings is 1. The van der Waals surface area contributed by atoms with E-state index in [0.29, 0.717) is 33.8 Å². The number of ether oxygens (including phenoxy) is 2. The molecule has 1 atom stereocenters. The van der Waals surface area contributed by atoms with Crippen molar-refractivity contribution in [2.75, 3.05) is 13.2 Å².